The molecule has 2 aromatic carbocycles. The van der Waals surface area contributed by atoms with Crippen molar-refractivity contribution in [3.63, 3.8) is 0 Å². The van der Waals surface area contributed by atoms with Crippen molar-refractivity contribution in [2.75, 3.05) is 59.8 Å². The summed E-state index contributed by atoms with van der Waals surface area (Å²) in [5.41, 5.74) is 3.19. The van der Waals surface area contributed by atoms with Crippen LogP contribution >= 0.6 is 0 Å². The van der Waals surface area contributed by atoms with Crippen LogP contribution < -0.4 is 20.4 Å². The molecule has 0 radical (unpaired) electrons. The monoisotopic (exact) mass is 854 g/mol. The highest BCUT2D eigenvalue weighted by atomic mass is 19.1. The van der Waals surface area contributed by atoms with Crippen LogP contribution in [0.2, 0.25) is 0 Å². The molecule has 4 aliphatic rings. The fraction of sp³-hybridized carbons (Fsp3) is 0.439. The van der Waals surface area contributed by atoms with Crippen LogP contribution in [0.1, 0.15) is 54.1 Å². The summed E-state index contributed by atoms with van der Waals surface area (Å²) in [7, 11) is 0. The van der Waals surface area contributed by atoms with Crippen LogP contribution in [0.4, 0.5) is 31.8 Å². The van der Waals surface area contributed by atoms with E-state index in [0.29, 0.717) is 84.4 Å². The van der Waals surface area contributed by atoms with Gasteiger partial charge in [-0.1, -0.05) is 0 Å². The van der Waals surface area contributed by atoms with Gasteiger partial charge in [-0.2, -0.15) is 0 Å². The second-order valence-electron chi connectivity index (χ2n) is 16.2. The van der Waals surface area contributed by atoms with Gasteiger partial charge >= 0.3 is 0 Å². The molecule has 6 aromatic rings. The molecule has 0 unspecified atom stereocenters. The van der Waals surface area contributed by atoms with E-state index in [-0.39, 0.29) is 55.0 Å². The molecule has 324 valence electrons. The Morgan fingerprint density at radius 3 is 1.55 bits per heavy atom. The molecule has 6 N–H and O–H groups in total. The lowest BCUT2D eigenvalue weighted by Crippen LogP contribution is -2.29. The van der Waals surface area contributed by atoms with Crippen LogP contribution in [-0.4, -0.2) is 141 Å². The minimum atomic E-state index is -0.852. The first kappa shape index (κ1) is 40.1. The molecule has 0 saturated carbocycles. The van der Waals surface area contributed by atoms with Gasteiger partial charge in [0, 0.05) is 62.2 Å². The number of anilines is 4. The van der Waals surface area contributed by atoms with Crippen molar-refractivity contribution in [1.29, 1.82) is 0 Å². The van der Waals surface area contributed by atoms with E-state index in [2.05, 4.69) is 40.5 Å². The van der Waals surface area contributed by atoms with E-state index in [9.17, 15) is 34.0 Å². The minimum Gasteiger partial charge on any atom is -0.394 e. The van der Waals surface area contributed by atoms with E-state index >= 15 is 0 Å². The zero-order valence-electron chi connectivity index (χ0n) is 33.2. The number of hydrogen-bond donors (Lipinski definition) is 6. The van der Waals surface area contributed by atoms with Gasteiger partial charge in [-0.05, 0) is 49.2 Å². The predicted octanol–water partition coefficient (Wildman–Crippen LogP) is 2.14. The number of carbonyl (C=O) groups excluding carboxylic acids is 1. The molecule has 0 bridgehead atoms. The van der Waals surface area contributed by atoms with Crippen LogP contribution in [0.15, 0.2) is 61.7 Å². The van der Waals surface area contributed by atoms with Crippen molar-refractivity contribution in [1.82, 2.24) is 39.0 Å². The highest BCUT2D eigenvalue weighted by molar-refractivity contribution is 6.15. The number of nitrogens with one attached hydrogen (secondary N) is 2. The molecule has 0 spiro atoms. The van der Waals surface area contributed by atoms with Crippen LogP contribution in [-0.2, 0) is 9.47 Å². The normalized spacial score (nSPS) is 26.4. The van der Waals surface area contributed by atoms with Crippen LogP contribution in [0, 0.1) is 11.6 Å². The first-order chi connectivity index (χ1) is 30.1. The lowest BCUT2D eigenvalue weighted by molar-refractivity contribution is -0.0486. The molecule has 0 amide bonds. The molecule has 8 heterocycles. The number of benzene rings is 2. The highest BCUT2D eigenvalue weighted by Crippen LogP contribution is 2.36. The average molecular weight is 855 g/mol. The van der Waals surface area contributed by atoms with Crippen molar-refractivity contribution in [2.45, 2.75) is 74.6 Å². The van der Waals surface area contributed by atoms with Gasteiger partial charge in [0.15, 0.2) is 52.2 Å². The predicted molar refractivity (Wildman–Crippen MR) is 219 cm³/mol. The Bertz CT molecular complexity index is 2460. The van der Waals surface area contributed by atoms with E-state index in [1.54, 1.807) is 9.13 Å². The van der Waals surface area contributed by atoms with Gasteiger partial charge in [-0.25, -0.2) is 38.7 Å². The number of imidazole rings is 2. The number of aliphatic hydroxyl groups excluding tert-OH is 4. The van der Waals surface area contributed by atoms with Gasteiger partial charge in [-0.15, -0.1) is 0 Å². The van der Waals surface area contributed by atoms with E-state index in [1.807, 2.05) is 9.80 Å². The Hall–Kier alpha value is -5.97. The lowest BCUT2D eigenvalue weighted by atomic mass is 9.98. The number of halogens is 2. The maximum atomic E-state index is 15.0. The summed E-state index contributed by atoms with van der Waals surface area (Å²) in [5, 5.41) is 47.1. The highest BCUT2D eigenvalue weighted by Gasteiger charge is 2.38. The number of rotatable bonds is 12. The summed E-state index contributed by atoms with van der Waals surface area (Å²) in [6, 6.07) is 7.79. The van der Waals surface area contributed by atoms with E-state index < -0.39 is 48.5 Å². The van der Waals surface area contributed by atoms with Crippen LogP contribution in [0.25, 0.3) is 22.3 Å². The maximum Gasteiger partial charge on any atom is 0.197 e. The number of hydrogen-bond acceptors (Lipinski definition) is 17. The standard InChI is InChI=1S/C41H44F2N12O7/c42-21-1-3-27(29(9-21)52-7-5-23(13-52)50-36-33-38(46-17-44-36)54(19-48-33)40-31(58)11-25(15-56)61-40)35(60)28-4-2-22(43)10-30(28)53-8-6-24(14-53)51-37-34-39(47-18-45-37)55(20-49-34)41-32(59)12-26(16-57)62-41/h1-4,9-10,17-20,23-26,31-32,40-41,56-59H,5-8,11-16H2,(H,44,46,50)(H,45,47,51)/t23-,24-,25+,26+,31-,32-,40-,41-/m1/s1. The Morgan fingerprint density at radius 1 is 0.677 bits per heavy atom. The Kier molecular flexibility index (Phi) is 10.6. The molecule has 0 aliphatic carbocycles. The molecule has 10 rings (SSSR count). The van der Waals surface area contributed by atoms with Crippen molar-refractivity contribution < 1.29 is 43.5 Å². The largest absolute Gasteiger partial charge is 0.394 e. The van der Waals surface area contributed by atoms with Crippen molar-refractivity contribution >= 4 is 51.1 Å². The van der Waals surface area contributed by atoms with Crippen molar-refractivity contribution in [2.24, 2.45) is 0 Å². The van der Waals surface area contributed by atoms with Gasteiger partial charge in [0.2, 0.25) is 0 Å². The second kappa shape index (κ2) is 16.4. The number of aromatic nitrogens is 8. The second-order valence-corrected chi connectivity index (χ2v) is 16.2. The van der Waals surface area contributed by atoms with Gasteiger partial charge < -0.3 is 50.3 Å². The summed E-state index contributed by atoms with van der Waals surface area (Å²) in [6.45, 7) is 1.36. The van der Waals surface area contributed by atoms with Gasteiger partial charge in [0.25, 0.3) is 0 Å². The number of nitrogens with zero attached hydrogens (tertiary/aromatic N) is 10. The van der Waals surface area contributed by atoms with Crippen molar-refractivity contribution in [3.8, 4) is 0 Å². The average Bonchev–Trinajstić information content (AvgIpc) is 4.14. The zero-order chi connectivity index (χ0) is 42.6. The molecule has 4 fully saturated rings. The lowest BCUT2D eigenvalue weighted by Gasteiger charge is -2.25. The first-order valence-electron chi connectivity index (χ1n) is 20.6. The Balaban J connectivity index is 0.849. The SMILES string of the molecule is O=C(c1ccc(F)cc1N1CC[C@@H](Nc2ncnc3c2ncn3[C@@H]2O[C@H](CO)C[C@H]2O)C1)c1ccc(F)cc1N1CC[C@@H](Nc2ncnc3c2ncn3[C@@H]2O[C@H](CO)C[C@H]2O)C1. The van der Waals surface area contributed by atoms with E-state index in [1.165, 1.54) is 61.7 Å². The number of aliphatic hydroxyl groups is 4. The summed E-state index contributed by atoms with van der Waals surface area (Å²) >= 11 is 0. The topological polar surface area (TPSA) is 234 Å². The maximum absolute atomic E-state index is 15.0. The number of ketones is 1. The summed E-state index contributed by atoms with van der Waals surface area (Å²) in [6.07, 6.45) is 3.40. The third kappa shape index (κ3) is 7.32. The molecule has 21 heteroatoms. The molecular weight excluding hydrogens is 811 g/mol. The van der Waals surface area contributed by atoms with Crippen LogP contribution in [0.5, 0.6) is 0 Å². The first-order valence-corrected chi connectivity index (χ1v) is 20.6. The molecule has 4 aromatic heterocycles. The molecule has 4 saturated heterocycles. The Morgan fingerprint density at radius 2 is 1.13 bits per heavy atom. The fourth-order valence-corrected chi connectivity index (χ4v) is 9.13. The number of fused-ring (bicyclic) bond motifs is 2. The fourth-order valence-electron chi connectivity index (χ4n) is 9.13. The summed E-state index contributed by atoms with van der Waals surface area (Å²) < 4.78 is 44.9. The van der Waals surface area contributed by atoms with Gasteiger partial charge in [0.05, 0.1) is 49.5 Å². The van der Waals surface area contributed by atoms with E-state index in [4.69, 9.17) is 9.47 Å². The van der Waals surface area contributed by atoms with E-state index in [0.717, 1.165) is 0 Å². The number of carbonyl (C=O) groups is 1. The molecule has 19 nitrogen and oxygen atoms in total. The molecule has 62 heavy (non-hydrogen) atoms. The summed E-state index contributed by atoms with van der Waals surface area (Å²) in [5.74, 6) is -0.465. The summed E-state index contributed by atoms with van der Waals surface area (Å²) in [4.78, 5) is 45.1. The molecule has 4 aliphatic heterocycles. The third-order valence-electron chi connectivity index (χ3n) is 12.2. The third-order valence-corrected chi connectivity index (χ3v) is 12.2. The van der Waals surface area contributed by atoms with Crippen molar-refractivity contribution in [3.05, 3.63) is 84.5 Å². The van der Waals surface area contributed by atoms with Gasteiger partial charge in [-0.3, -0.25) is 13.9 Å². The zero-order valence-corrected chi connectivity index (χ0v) is 33.2. The molecule has 8 atom stereocenters. The molecular formula is C41H44F2N12O7. The quantitative estimate of drug-likeness (QED) is 0.0968. The van der Waals surface area contributed by atoms with Crippen LogP contribution in [0.3, 0.4) is 0 Å². The minimum absolute atomic E-state index is 0.168. The van der Waals surface area contributed by atoms with Gasteiger partial charge in [0.1, 0.15) is 36.5 Å². The Labute approximate surface area is 352 Å². The smallest absolute Gasteiger partial charge is 0.197 e. The number of ether oxygens (including phenoxy) is 2.